The molecule has 0 amide bonds. The minimum Gasteiger partial charge on any atom is -0.387 e. The largest absolute Gasteiger partial charge is 0.387 e. The molecule has 0 aliphatic rings. The number of rotatable bonds is 2. The van der Waals surface area contributed by atoms with Crippen LogP contribution >= 0.6 is 0 Å². The molecule has 0 saturated carbocycles. The van der Waals surface area contributed by atoms with E-state index in [-0.39, 0.29) is 12.3 Å². The average Bonchev–Trinajstić information content (AvgIpc) is 1.85. The monoisotopic (exact) mass is 153 g/mol. The molecular formula is C7H8FN3. The quantitative estimate of drug-likeness (QED) is 0.485. The SMILES string of the molecule is N=C(N)Cc1cncc(F)c1. The zero-order valence-electron chi connectivity index (χ0n) is 5.84. The number of amidine groups is 1. The molecule has 0 aliphatic heterocycles. The van der Waals surface area contributed by atoms with Crippen LogP contribution in [-0.4, -0.2) is 10.8 Å². The van der Waals surface area contributed by atoms with Crippen molar-refractivity contribution in [3.05, 3.63) is 29.8 Å². The number of aromatic nitrogens is 1. The molecule has 1 rings (SSSR count). The summed E-state index contributed by atoms with van der Waals surface area (Å²) in [4.78, 5) is 3.61. The zero-order chi connectivity index (χ0) is 8.27. The van der Waals surface area contributed by atoms with Crippen LogP contribution in [0.25, 0.3) is 0 Å². The molecule has 0 aliphatic carbocycles. The fourth-order valence-electron chi connectivity index (χ4n) is 0.772. The summed E-state index contributed by atoms with van der Waals surface area (Å²) in [7, 11) is 0. The van der Waals surface area contributed by atoms with Gasteiger partial charge >= 0.3 is 0 Å². The van der Waals surface area contributed by atoms with Crippen molar-refractivity contribution in [2.45, 2.75) is 6.42 Å². The van der Waals surface area contributed by atoms with Gasteiger partial charge in [0.25, 0.3) is 0 Å². The van der Waals surface area contributed by atoms with Crippen LogP contribution in [0, 0.1) is 11.2 Å². The molecule has 11 heavy (non-hydrogen) atoms. The lowest BCUT2D eigenvalue weighted by atomic mass is 10.2. The number of nitrogens with zero attached hydrogens (tertiary/aromatic N) is 1. The number of hydrogen-bond acceptors (Lipinski definition) is 2. The van der Waals surface area contributed by atoms with Crippen LogP contribution in [-0.2, 0) is 6.42 Å². The Bertz CT molecular complexity index is 272. The zero-order valence-corrected chi connectivity index (χ0v) is 5.84. The highest BCUT2D eigenvalue weighted by molar-refractivity contribution is 5.79. The van der Waals surface area contributed by atoms with E-state index < -0.39 is 5.82 Å². The van der Waals surface area contributed by atoms with Gasteiger partial charge in [-0.2, -0.15) is 0 Å². The molecule has 0 aromatic carbocycles. The Hall–Kier alpha value is -1.45. The second kappa shape index (κ2) is 3.09. The predicted molar refractivity (Wildman–Crippen MR) is 39.8 cm³/mol. The first-order valence-electron chi connectivity index (χ1n) is 3.11. The van der Waals surface area contributed by atoms with E-state index in [1.54, 1.807) is 0 Å². The van der Waals surface area contributed by atoms with Gasteiger partial charge in [-0.05, 0) is 11.6 Å². The molecule has 0 radical (unpaired) electrons. The fourth-order valence-corrected chi connectivity index (χ4v) is 0.772. The van der Waals surface area contributed by atoms with Gasteiger partial charge in [-0.1, -0.05) is 0 Å². The van der Waals surface area contributed by atoms with Crippen LogP contribution in [0.3, 0.4) is 0 Å². The molecule has 1 aromatic rings. The third-order valence-electron chi connectivity index (χ3n) is 1.16. The highest BCUT2D eigenvalue weighted by atomic mass is 19.1. The predicted octanol–water partition coefficient (Wildman–Crippen LogP) is 0.699. The Labute approximate surface area is 63.6 Å². The molecular weight excluding hydrogens is 145 g/mol. The number of nitrogens with two attached hydrogens (primary N) is 1. The maximum absolute atomic E-state index is 12.4. The normalized spacial score (nSPS) is 9.55. The van der Waals surface area contributed by atoms with Gasteiger partial charge < -0.3 is 5.73 Å². The van der Waals surface area contributed by atoms with Gasteiger partial charge in [0.05, 0.1) is 12.0 Å². The molecule has 0 spiro atoms. The second-order valence-electron chi connectivity index (χ2n) is 2.21. The van der Waals surface area contributed by atoms with E-state index in [1.165, 1.54) is 12.3 Å². The van der Waals surface area contributed by atoms with Gasteiger partial charge in [0.2, 0.25) is 0 Å². The molecule has 0 bridgehead atoms. The van der Waals surface area contributed by atoms with Gasteiger partial charge in [-0.25, -0.2) is 4.39 Å². The van der Waals surface area contributed by atoms with Crippen LogP contribution in [0.15, 0.2) is 18.5 Å². The Morgan fingerprint density at radius 3 is 2.91 bits per heavy atom. The molecule has 1 aromatic heterocycles. The summed E-state index contributed by atoms with van der Waals surface area (Å²) < 4.78 is 12.4. The summed E-state index contributed by atoms with van der Waals surface area (Å²) in [6.45, 7) is 0. The van der Waals surface area contributed by atoms with E-state index in [1.807, 2.05) is 0 Å². The molecule has 0 unspecified atom stereocenters. The summed E-state index contributed by atoms with van der Waals surface area (Å²) in [5, 5.41) is 6.93. The van der Waals surface area contributed by atoms with Crippen molar-refractivity contribution >= 4 is 5.84 Å². The van der Waals surface area contributed by atoms with Gasteiger partial charge in [-0.15, -0.1) is 0 Å². The molecule has 1 heterocycles. The topological polar surface area (TPSA) is 62.8 Å². The highest BCUT2D eigenvalue weighted by Gasteiger charge is 1.96. The van der Waals surface area contributed by atoms with Gasteiger partial charge in [-0.3, -0.25) is 10.4 Å². The van der Waals surface area contributed by atoms with Crippen molar-refractivity contribution in [3.8, 4) is 0 Å². The van der Waals surface area contributed by atoms with Crippen molar-refractivity contribution in [2.24, 2.45) is 5.73 Å². The maximum atomic E-state index is 12.4. The van der Waals surface area contributed by atoms with E-state index in [4.69, 9.17) is 11.1 Å². The first kappa shape index (κ1) is 7.65. The van der Waals surface area contributed by atoms with Crippen LogP contribution < -0.4 is 5.73 Å². The molecule has 58 valence electrons. The van der Waals surface area contributed by atoms with Gasteiger partial charge in [0.15, 0.2) is 0 Å². The average molecular weight is 153 g/mol. The summed E-state index contributed by atoms with van der Waals surface area (Å²) in [6, 6.07) is 1.31. The first-order chi connectivity index (χ1) is 5.18. The van der Waals surface area contributed by atoms with Crippen molar-refractivity contribution in [2.75, 3.05) is 0 Å². The number of halogens is 1. The summed E-state index contributed by atoms with van der Waals surface area (Å²) in [5.41, 5.74) is 5.73. The number of nitrogens with one attached hydrogen (secondary N) is 1. The summed E-state index contributed by atoms with van der Waals surface area (Å²) in [5.74, 6) is -0.388. The van der Waals surface area contributed by atoms with Crippen LogP contribution in [0.4, 0.5) is 4.39 Å². The van der Waals surface area contributed by atoms with Gasteiger partial charge in [0, 0.05) is 12.6 Å². The third-order valence-corrected chi connectivity index (χ3v) is 1.16. The molecule has 3 nitrogen and oxygen atoms in total. The van der Waals surface area contributed by atoms with Gasteiger partial charge in [0.1, 0.15) is 5.82 Å². The Morgan fingerprint density at radius 2 is 2.36 bits per heavy atom. The Morgan fingerprint density at radius 1 is 1.64 bits per heavy atom. The second-order valence-corrected chi connectivity index (χ2v) is 2.21. The number of hydrogen-bond donors (Lipinski definition) is 2. The molecule has 0 fully saturated rings. The molecule has 4 heteroatoms. The fraction of sp³-hybridized carbons (Fsp3) is 0.143. The van der Waals surface area contributed by atoms with Crippen molar-refractivity contribution in [3.63, 3.8) is 0 Å². The van der Waals surface area contributed by atoms with Crippen molar-refractivity contribution in [1.29, 1.82) is 5.41 Å². The standard InChI is InChI=1S/C7H8FN3/c8-6-1-5(2-7(9)10)3-11-4-6/h1,3-4H,2H2,(H3,9,10). The van der Waals surface area contributed by atoms with Crippen LogP contribution in [0.1, 0.15) is 5.56 Å². The van der Waals surface area contributed by atoms with Crippen molar-refractivity contribution < 1.29 is 4.39 Å². The minimum atomic E-state index is -0.399. The van der Waals surface area contributed by atoms with E-state index in [9.17, 15) is 4.39 Å². The molecule has 0 saturated heterocycles. The summed E-state index contributed by atoms with van der Waals surface area (Å²) >= 11 is 0. The van der Waals surface area contributed by atoms with Crippen molar-refractivity contribution in [1.82, 2.24) is 4.98 Å². The first-order valence-corrected chi connectivity index (χ1v) is 3.11. The van der Waals surface area contributed by atoms with E-state index in [0.717, 1.165) is 6.20 Å². The number of pyridine rings is 1. The lowest BCUT2D eigenvalue weighted by Crippen LogP contribution is -2.12. The third kappa shape index (κ3) is 2.33. The Kier molecular flexibility index (Phi) is 2.15. The molecule has 0 atom stereocenters. The Balaban J connectivity index is 2.79. The highest BCUT2D eigenvalue weighted by Crippen LogP contribution is 2.00. The summed E-state index contributed by atoms with van der Waals surface area (Å²) in [6.07, 6.45) is 2.86. The van der Waals surface area contributed by atoms with E-state index in [2.05, 4.69) is 4.98 Å². The maximum Gasteiger partial charge on any atom is 0.141 e. The van der Waals surface area contributed by atoms with Crippen LogP contribution in [0.5, 0.6) is 0 Å². The van der Waals surface area contributed by atoms with Crippen LogP contribution in [0.2, 0.25) is 0 Å². The molecule has 3 N–H and O–H groups in total. The van der Waals surface area contributed by atoms with E-state index >= 15 is 0 Å². The minimum absolute atomic E-state index is 0.0115. The smallest absolute Gasteiger partial charge is 0.141 e. The lowest BCUT2D eigenvalue weighted by Gasteiger charge is -1.96. The van der Waals surface area contributed by atoms with E-state index in [0.29, 0.717) is 5.56 Å². The lowest BCUT2D eigenvalue weighted by molar-refractivity contribution is 0.619.